The van der Waals surface area contributed by atoms with Crippen LogP contribution in [0.5, 0.6) is 0 Å². The molecule has 0 aromatic carbocycles. The number of nitrogens with zero attached hydrogens (tertiary/aromatic N) is 1. The van der Waals surface area contributed by atoms with E-state index in [1.165, 1.54) is 12.8 Å². The van der Waals surface area contributed by atoms with Gasteiger partial charge in [0.2, 0.25) is 0 Å². The van der Waals surface area contributed by atoms with Crippen LogP contribution in [0.1, 0.15) is 25.7 Å². The van der Waals surface area contributed by atoms with Crippen molar-refractivity contribution in [2.24, 2.45) is 17.0 Å². The first kappa shape index (κ1) is 6.89. The molecule has 2 rings (SSSR count). The van der Waals surface area contributed by atoms with E-state index in [-0.39, 0.29) is 0 Å². The predicted octanol–water partition coefficient (Wildman–Crippen LogP) is 2.19. The van der Waals surface area contributed by atoms with Gasteiger partial charge in [-0.3, -0.25) is 0 Å². The van der Waals surface area contributed by atoms with Crippen molar-refractivity contribution in [1.82, 2.24) is 0 Å². The van der Waals surface area contributed by atoms with Gasteiger partial charge in [0, 0.05) is 5.92 Å². The van der Waals surface area contributed by atoms with Crippen LogP contribution in [0.25, 0.3) is 0 Å². The quantitative estimate of drug-likeness (QED) is 0.321. The number of hydrogen-bond acceptors (Lipinski definition) is 2. The van der Waals surface area contributed by atoms with Crippen molar-refractivity contribution in [2.45, 2.75) is 25.7 Å². The van der Waals surface area contributed by atoms with E-state index in [1.807, 2.05) is 0 Å². The monoisotopic (exact) mass is 151 g/mol. The van der Waals surface area contributed by atoms with Crippen LogP contribution >= 0.6 is 0 Å². The third-order valence-corrected chi connectivity index (χ3v) is 2.89. The van der Waals surface area contributed by atoms with Gasteiger partial charge >= 0.3 is 0 Å². The second-order valence-corrected chi connectivity index (χ2v) is 3.44. The molecule has 2 heteroatoms. The highest BCUT2D eigenvalue weighted by atomic mass is 16.4. The zero-order valence-corrected chi connectivity index (χ0v) is 6.53. The SMILES string of the molecule is O/N=C1\CC[C@@H]2CC=CC[C@@H]12. The summed E-state index contributed by atoms with van der Waals surface area (Å²) in [4.78, 5) is 0. The molecule has 0 heterocycles. The van der Waals surface area contributed by atoms with E-state index in [4.69, 9.17) is 5.21 Å². The third-order valence-electron chi connectivity index (χ3n) is 2.89. The van der Waals surface area contributed by atoms with Gasteiger partial charge in [0.15, 0.2) is 0 Å². The van der Waals surface area contributed by atoms with E-state index in [9.17, 15) is 0 Å². The molecule has 0 aromatic rings. The molecular formula is C9H13NO. The highest BCUT2D eigenvalue weighted by molar-refractivity contribution is 5.88. The minimum atomic E-state index is 0.560. The third kappa shape index (κ3) is 1.06. The molecule has 0 aromatic heterocycles. The molecule has 2 atom stereocenters. The molecular weight excluding hydrogens is 138 g/mol. The predicted molar refractivity (Wildman–Crippen MR) is 43.8 cm³/mol. The lowest BCUT2D eigenvalue weighted by atomic mass is 9.85. The van der Waals surface area contributed by atoms with Crippen LogP contribution < -0.4 is 0 Å². The van der Waals surface area contributed by atoms with Crippen molar-refractivity contribution in [3.05, 3.63) is 12.2 Å². The number of rotatable bonds is 0. The Bertz CT molecular complexity index is 208. The standard InChI is InChI=1S/C9H13NO/c11-10-9-6-5-7-3-1-2-4-8(7)9/h1-2,7-8,11H,3-6H2/b10-9+/t7-,8+/m0/s1. The fourth-order valence-corrected chi connectivity index (χ4v) is 2.24. The molecule has 1 N–H and O–H groups in total. The molecule has 2 aliphatic rings. The molecule has 0 radical (unpaired) electrons. The van der Waals surface area contributed by atoms with Gasteiger partial charge in [-0.25, -0.2) is 0 Å². The Morgan fingerprint density at radius 1 is 1.36 bits per heavy atom. The summed E-state index contributed by atoms with van der Waals surface area (Å²) in [6, 6.07) is 0. The summed E-state index contributed by atoms with van der Waals surface area (Å²) in [6.07, 6.45) is 8.95. The normalized spacial score (nSPS) is 39.5. The molecule has 2 nitrogen and oxygen atoms in total. The van der Waals surface area contributed by atoms with Crippen LogP contribution in [-0.4, -0.2) is 10.9 Å². The van der Waals surface area contributed by atoms with Gasteiger partial charge in [-0.2, -0.15) is 0 Å². The summed E-state index contributed by atoms with van der Waals surface area (Å²) in [6.45, 7) is 0. The molecule has 11 heavy (non-hydrogen) atoms. The molecule has 0 saturated heterocycles. The van der Waals surface area contributed by atoms with Crippen molar-refractivity contribution in [3.63, 3.8) is 0 Å². The zero-order valence-electron chi connectivity index (χ0n) is 6.53. The maximum atomic E-state index is 8.67. The summed E-state index contributed by atoms with van der Waals surface area (Å²) in [5.41, 5.74) is 1.03. The van der Waals surface area contributed by atoms with Crippen LogP contribution in [0, 0.1) is 11.8 Å². The molecule has 1 saturated carbocycles. The van der Waals surface area contributed by atoms with Crippen molar-refractivity contribution in [2.75, 3.05) is 0 Å². The van der Waals surface area contributed by atoms with Gasteiger partial charge in [0.25, 0.3) is 0 Å². The number of oxime groups is 1. The van der Waals surface area contributed by atoms with Gasteiger partial charge in [0.05, 0.1) is 5.71 Å². The maximum absolute atomic E-state index is 8.67. The highest BCUT2D eigenvalue weighted by Gasteiger charge is 2.32. The van der Waals surface area contributed by atoms with Crippen LogP contribution in [0.3, 0.4) is 0 Å². The first-order valence-electron chi connectivity index (χ1n) is 4.27. The van der Waals surface area contributed by atoms with Crippen LogP contribution in [0.4, 0.5) is 0 Å². The van der Waals surface area contributed by atoms with Crippen LogP contribution in [-0.2, 0) is 0 Å². The van der Waals surface area contributed by atoms with Crippen molar-refractivity contribution in [3.8, 4) is 0 Å². The fourth-order valence-electron chi connectivity index (χ4n) is 2.24. The summed E-state index contributed by atoms with van der Waals surface area (Å²) in [7, 11) is 0. The van der Waals surface area contributed by atoms with Gasteiger partial charge < -0.3 is 5.21 Å². The van der Waals surface area contributed by atoms with Crippen molar-refractivity contribution in [1.29, 1.82) is 0 Å². The van der Waals surface area contributed by atoms with E-state index in [0.29, 0.717) is 5.92 Å². The lowest BCUT2D eigenvalue weighted by molar-refractivity contribution is 0.312. The Morgan fingerprint density at radius 2 is 2.18 bits per heavy atom. The van der Waals surface area contributed by atoms with E-state index >= 15 is 0 Å². The summed E-state index contributed by atoms with van der Waals surface area (Å²) in [5, 5.41) is 12.0. The van der Waals surface area contributed by atoms with Crippen LogP contribution in [0.15, 0.2) is 17.3 Å². The average Bonchev–Trinajstić information content (AvgIpc) is 2.47. The molecule has 2 aliphatic carbocycles. The van der Waals surface area contributed by atoms with E-state index < -0.39 is 0 Å². The fraction of sp³-hybridized carbons (Fsp3) is 0.667. The van der Waals surface area contributed by atoms with E-state index in [0.717, 1.165) is 24.5 Å². The van der Waals surface area contributed by atoms with Crippen molar-refractivity contribution < 1.29 is 5.21 Å². The lowest BCUT2D eigenvalue weighted by Gasteiger charge is -2.19. The Hall–Kier alpha value is -0.790. The number of hydrogen-bond donors (Lipinski definition) is 1. The molecule has 0 amide bonds. The lowest BCUT2D eigenvalue weighted by Crippen LogP contribution is -2.16. The Morgan fingerprint density at radius 3 is 3.00 bits per heavy atom. The maximum Gasteiger partial charge on any atom is 0.0607 e. The van der Waals surface area contributed by atoms with Gasteiger partial charge in [-0.1, -0.05) is 17.3 Å². The minimum Gasteiger partial charge on any atom is -0.411 e. The van der Waals surface area contributed by atoms with Crippen molar-refractivity contribution >= 4 is 5.71 Å². The molecule has 1 fully saturated rings. The summed E-state index contributed by atoms with van der Waals surface area (Å²) in [5.74, 6) is 1.33. The average molecular weight is 151 g/mol. The Labute approximate surface area is 66.6 Å². The van der Waals surface area contributed by atoms with Gasteiger partial charge in [-0.15, -0.1) is 0 Å². The molecule has 0 spiro atoms. The minimum absolute atomic E-state index is 0.560. The summed E-state index contributed by atoms with van der Waals surface area (Å²) < 4.78 is 0. The van der Waals surface area contributed by atoms with Gasteiger partial charge in [-0.05, 0) is 31.6 Å². The first-order valence-corrected chi connectivity index (χ1v) is 4.27. The van der Waals surface area contributed by atoms with E-state index in [2.05, 4.69) is 17.3 Å². The van der Waals surface area contributed by atoms with Crippen LogP contribution in [0.2, 0.25) is 0 Å². The Balaban J connectivity index is 2.17. The smallest absolute Gasteiger partial charge is 0.0607 e. The highest BCUT2D eigenvalue weighted by Crippen LogP contribution is 2.37. The zero-order chi connectivity index (χ0) is 7.68. The molecule has 0 unspecified atom stereocenters. The second-order valence-electron chi connectivity index (χ2n) is 3.44. The van der Waals surface area contributed by atoms with Gasteiger partial charge in [0.1, 0.15) is 0 Å². The van der Waals surface area contributed by atoms with E-state index in [1.54, 1.807) is 0 Å². The topological polar surface area (TPSA) is 32.6 Å². The second kappa shape index (κ2) is 2.68. The summed E-state index contributed by atoms with van der Waals surface area (Å²) >= 11 is 0. The molecule has 0 bridgehead atoms. The Kier molecular flexibility index (Phi) is 1.68. The first-order chi connectivity index (χ1) is 5.42. The molecule has 0 aliphatic heterocycles. The largest absolute Gasteiger partial charge is 0.411 e. The number of allylic oxidation sites excluding steroid dienone is 2. The number of fused-ring (bicyclic) bond motifs is 1. The molecule has 60 valence electrons.